The van der Waals surface area contributed by atoms with Crippen molar-refractivity contribution in [3.8, 4) is 0 Å². The second-order valence-corrected chi connectivity index (χ2v) is 7.98. The van der Waals surface area contributed by atoms with Crippen LogP contribution < -0.4 is 11.1 Å². The Labute approximate surface area is 152 Å². The Kier molecular flexibility index (Phi) is 6.02. The molecule has 6 heteroatoms. The predicted molar refractivity (Wildman–Crippen MR) is 102 cm³/mol. The van der Waals surface area contributed by atoms with E-state index in [0.717, 1.165) is 33.7 Å². The molecule has 21 heavy (non-hydrogen) atoms. The van der Waals surface area contributed by atoms with Crippen molar-refractivity contribution in [2.45, 2.75) is 44.1 Å². The van der Waals surface area contributed by atoms with Gasteiger partial charge in [-0.3, -0.25) is 4.79 Å². The van der Waals surface area contributed by atoms with Gasteiger partial charge < -0.3 is 11.1 Å². The highest BCUT2D eigenvalue weighted by Crippen LogP contribution is 2.29. The Balaban J connectivity index is 2.26. The second kappa shape index (κ2) is 7.37. The summed E-state index contributed by atoms with van der Waals surface area (Å²) >= 11 is 10.9. The predicted octanol–water partition coefficient (Wildman–Crippen LogP) is 4.16. The van der Waals surface area contributed by atoms with E-state index >= 15 is 0 Å². The number of amides is 1. The summed E-state index contributed by atoms with van der Waals surface area (Å²) in [4.78, 5) is 13.1. The van der Waals surface area contributed by atoms with Crippen LogP contribution in [0.4, 0.5) is 0 Å². The molecule has 1 amide bonds. The molecule has 3 nitrogen and oxygen atoms in total. The zero-order valence-corrected chi connectivity index (χ0v) is 16.2. The maximum atomic E-state index is 12.6. The van der Waals surface area contributed by atoms with Crippen LogP contribution in [-0.4, -0.2) is 16.4 Å². The van der Waals surface area contributed by atoms with E-state index in [9.17, 15) is 4.79 Å². The van der Waals surface area contributed by atoms with Crippen LogP contribution in [0, 0.1) is 3.57 Å². The molecular weight excluding hydrogens is 463 g/mol. The molecular formula is C15H18BrIN2OS. The summed E-state index contributed by atoms with van der Waals surface area (Å²) < 4.78 is 1.80. The SMILES string of the molecule is NC(=S)C1(NC(=O)c2cc(I)ccc2Br)CCCCCC1. The molecule has 0 radical (unpaired) electrons. The lowest BCUT2D eigenvalue weighted by Gasteiger charge is -2.33. The Morgan fingerprint density at radius 2 is 1.90 bits per heavy atom. The van der Waals surface area contributed by atoms with Crippen LogP contribution in [0.3, 0.4) is 0 Å². The Bertz CT molecular complexity index is 557. The minimum Gasteiger partial charge on any atom is -0.391 e. The highest BCUT2D eigenvalue weighted by Gasteiger charge is 2.36. The molecule has 2 rings (SSSR count). The molecule has 0 heterocycles. The monoisotopic (exact) mass is 480 g/mol. The minimum absolute atomic E-state index is 0.116. The molecule has 1 aliphatic carbocycles. The fourth-order valence-electron chi connectivity index (χ4n) is 2.72. The van der Waals surface area contributed by atoms with E-state index in [1.165, 1.54) is 12.8 Å². The van der Waals surface area contributed by atoms with Crippen molar-refractivity contribution >= 4 is 61.6 Å². The lowest BCUT2D eigenvalue weighted by Crippen LogP contribution is -2.56. The third kappa shape index (κ3) is 4.16. The van der Waals surface area contributed by atoms with Gasteiger partial charge in [0.15, 0.2) is 0 Å². The third-order valence-corrected chi connectivity index (χ3v) is 5.71. The van der Waals surface area contributed by atoms with Crippen molar-refractivity contribution in [3.05, 3.63) is 31.8 Å². The number of halogens is 2. The normalized spacial score (nSPS) is 17.8. The highest BCUT2D eigenvalue weighted by molar-refractivity contribution is 14.1. The molecule has 114 valence electrons. The summed E-state index contributed by atoms with van der Waals surface area (Å²) in [5.74, 6) is -0.116. The molecule has 0 aliphatic heterocycles. The molecule has 1 aromatic carbocycles. The average molecular weight is 481 g/mol. The first-order chi connectivity index (χ1) is 9.94. The van der Waals surface area contributed by atoms with Crippen LogP contribution in [0.2, 0.25) is 0 Å². The van der Waals surface area contributed by atoms with Crippen LogP contribution in [-0.2, 0) is 0 Å². The standard InChI is InChI=1S/C15H18BrIN2OS/c16-12-6-5-10(17)9-11(12)13(20)19-15(14(18)21)7-3-1-2-4-8-15/h5-6,9H,1-4,7-8H2,(H2,18,21)(H,19,20). The Hall–Kier alpha value is -0.210. The van der Waals surface area contributed by atoms with Crippen molar-refractivity contribution in [3.63, 3.8) is 0 Å². The molecule has 0 aromatic heterocycles. The van der Waals surface area contributed by atoms with Crippen LogP contribution >= 0.6 is 50.7 Å². The van der Waals surface area contributed by atoms with Gasteiger partial charge in [0.1, 0.15) is 0 Å². The minimum atomic E-state index is -0.538. The van der Waals surface area contributed by atoms with Crippen LogP contribution in [0.25, 0.3) is 0 Å². The molecule has 0 atom stereocenters. The molecule has 1 fully saturated rings. The first kappa shape index (κ1) is 17.1. The fourth-order valence-corrected chi connectivity index (χ4v) is 3.89. The molecule has 0 unspecified atom stereocenters. The van der Waals surface area contributed by atoms with E-state index in [2.05, 4.69) is 43.8 Å². The van der Waals surface area contributed by atoms with Gasteiger partial charge in [-0.1, -0.05) is 37.9 Å². The van der Waals surface area contributed by atoms with E-state index in [0.29, 0.717) is 10.6 Å². The number of hydrogen-bond acceptors (Lipinski definition) is 2. The van der Waals surface area contributed by atoms with Crippen molar-refractivity contribution in [1.82, 2.24) is 5.32 Å². The van der Waals surface area contributed by atoms with Crippen molar-refractivity contribution in [1.29, 1.82) is 0 Å². The smallest absolute Gasteiger partial charge is 0.253 e. The number of nitrogens with one attached hydrogen (secondary N) is 1. The summed E-state index contributed by atoms with van der Waals surface area (Å²) in [5.41, 5.74) is 6.06. The van der Waals surface area contributed by atoms with E-state index in [1.807, 2.05) is 18.2 Å². The maximum Gasteiger partial charge on any atom is 0.253 e. The topological polar surface area (TPSA) is 55.1 Å². The van der Waals surface area contributed by atoms with Gasteiger partial charge in [-0.05, 0) is 69.6 Å². The number of nitrogens with two attached hydrogens (primary N) is 1. The summed E-state index contributed by atoms with van der Waals surface area (Å²) in [6.07, 6.45) is 6.10. The lowest BCUT2D eigenvalue weighted by atomic mass is 9.89. The van der Waals surface area contributed by atoms with Gasteiger partial charge in [0.25, 0.3) is 5.91 Å². The summed E-state index contributed by atoms with van der Waals surface area (Å²) in [6, 6.07) is 5.71. The second-order valence-electron chi connectivity index (χ2n) is 5.44. The first-order valence-electron chi connectivity index (χ1n) is 7.02. The van der Waals surface area contributed by atoms with Crippen molar-refractivity contribution in [2.24, 2.45) is 5.73 Å². The van der Waals surface area contributed by atoms with Gasteiger partial charge in [0.2, 0.25) is 0 Å². The zero-order chi connectivity index (χ0) is 15.5. The summed E-state index contributed by atoms with van der Waals surface area (Å²) in [6.45, 7) is 0. The number of carbonyl (C=O) groups is 1. The van der Waals surface area contributed by atoms with Crippen LogP contribution in [0.5, 0.6) is 0 Å². The van der Waals surface area contributed by atoms with Gasteiger partial charge in [0, 0.05) is 8.04 Å². The van der Waals surface area contributed by atoms with Crippen LogP contribution in [0.1, 0.15) is 48.9 Å². The Morgan fingerprint density at radius 3 is 2.48 bits per heavy atom. The molecule has 0 spiro atoms. The van der Waals surface area contributed by atoms with E-state index in [1.54, 1.807) is 0 Å². The van der Waals surface area contributed by atoms with Gasteiger partial charge in [-0.15, -0.1) is 0 Å². The highest BCUT2D eigenvalue weighted by atomic mass is 127. The molecule has 0 bridgehead atoms. The van der Waals surface area contributed by atoms with Gasteiger partial charge in [-0.2, -0.15) is 0 Å². The Morgan fingerprint density at radius 1 is 1.29 bits per heavy atom. The van der Waals surface area contributed by atoms with Gasteiger partial charge in [0.05, 0.1) is 16.1 Å². The average Bonchev–Trinajstić information content (AvgIpc) is 2.68. The first-order valence-corrected chi connectivity index (χ1v) is 9.30. The maximum absolute atomic E-state index is 12.6. The van der Waals surface area contributed by atoms with Crippen molar-refractivity contribution in [2.75, 3.05) is 0 Å². The molecule has 3 N–H and O–H groups in total. The summed E-state index contributed by atoms with van der Waals surface area (Å²) in [5, 5.41) is 3.12. The zero-order valence-electron chi connectivity index (χ0n) is 11.6. The molecule has 0 saturated heterocycles. The number of hydrogen-bond donors (Lipinski definition) is 2. The molecule has 1 saturated carbocycles. The molecule has 1 aliphatic rings. The number of rotatable bonds is 3. The molecule has 1 aromatic rings. The fraction of sp³-hybridized carbons (Fsp3) is 0.467. The number of thiocarbonyl (C=S) groups is 1. The largest absolute Gasteiger partial charge is 0.391 e. The quantitative estimate of drug-likeness (QED) is 0.388. The lowest BCUT2D eigenvalue weighted by molar-refractivity contribution is 0.0916. The van der Waals surface area contributed by atoms with Gasteiger partial charge in [-0.25, -0.2) is 0 Å². The number of carbonyl (C=O) groups excluding carboxylic acids is 1. The van der Waals surface area contributed by atoms with Crippen LogP contribution in [0.15, 0.2) is 22.7 Å². The van der Waals surface area contributed by atoms with Gasteiger partial charge >= 0.3 is 0 Å². The number of benzene rings is 1. The van der Waals surface area contributed by atoms with E-state index in [-0.39, 0.29) is 5.91 Å². The summed E-state index contributed by atoms with van der Waals surface area (Å²) in [7, 11) is 0. The third-order valence-electron chi connectivity index (χ3n) is 3.95. The van der Waals surface area contributed by atoms with E-state index < -0.39 is 5.54 Å². The van der Waals surface area contributed by atoms with Crippen molar-refractivity contribution < 1.29 is 4.79 Å². The van der Waals surface area contributed by atoms with E-state index in [4.69, 9.17) is 18.0 Å².